The number of allylic oxidation sites excluding steroid dienone is 3. The molecule has 4 aliphatic rings. The molecule has 0 aliphatic heterocycles. The summed E-state index contributed by atoms with van der Waals surface area (Å²) in [6, 6.07) is 0. The van der Waals surface area contributed by atoms with Gasteiger partial charge in [-0.05, 0) is 79.4 Å². The highest BCUT2D eigenvalue weighted by Crippen LogP contribution is 2.66. The van der Waals surface area contributed by atoms with Gasteiger partial charge in [0.2, 0.25) is 0 Å². The lowest BCUT2D eigenvalue weighted by Gasteiger charge is -2.55. The molecule has 0 amide bonds. The molecule has 4 aliphatic carbocycles. The quantitative estimate of drug-likeness (QED) is 0.210. The summed E-state index contributed by atoms with van der Waals surface area (Å²) in [4.78, 5) is 36.3. The van der Waals surface area contributed by atoms with Crippen LogP contribution < -0.4 is 0 Å². The number of rotatable bonds is 9. The van der Waals surface area contributed by atoms with E-state index in [1.165, 1.54) is 26.3 Å². The number of hydrogen-bond acceptors (Lipinski definition) is 6. The Morgan fingerprint density at radius 2 is 1.51 bits per heavy atom. The van der Waals surface area contributed by atoms with E-state index in [1.54, 1.807) is 5.57 Å². The Morgan fingerprint density at radius 1 is 0.854 bits per heavy atom. The van der Waals surface area contributed by atoms with Crippen molar-refractivity contribution in [3.63, 3.8) is 0 Å². The summed E-state index contributed by atoms with van der Waals surface area (Å²) in [7, 11) is 0. The van der Waals surface area contributed by atoms with Crippen LogP contribution in [0.3, 0.4) is 0 Å². The molecule has 3 saturated carbocycles. The minimum atomic E-state index is -0.469. The fourth-order valence-corrected chi connectivity index (χ4v) is 9.78. The Bertz CT molecular complexity index is 1070. The molecular formula is C35H54O6. The fraction of sp³-hybridized carbons (Fsp3) is 0.800. The first-order valence-corrected chi connectivity index (χ1v) is 16.2. The SMILES string of the molecule is CC[C@@H](C(C)C)[C@@H](OC(C)=O)[C@H](OC(C)=O)[C@@H](C)[C@H]1CC[C@H]2C3=CC=C4C[C@@H](OC(C)=O)CC[C@]4(C)[C@H]3CC[C@]12C. The lowest BCUT2D eigenvalue weighted by atomic mass is 9.50. The number of hydrogen-bond donors (Lipinski definition) is 0. The fourth-order valence-electron chi connectivity index (χ4n) is 9.78. The van der Waals surface area contributed by atoms with Gasteiger partial charge in [0.05, 0.1) is 0 Å². The molecule has 3 fully saturated rings. The van der Waals surface area contributed by atoms with Gasteiger partial charge in [0.15, 0.2) is 0 Å². The number of fused-ring (bicyclic) bond motifs is 5. The topological polar surface area (TPSA) is 78.9 Å². The van der Waals surface area contributed by atoms with Crippen LogP contribution in [-0.2, 0) is 28.6 Å². The van der Waals surface area contributed by atoms with E-state index in [0.29, 0.717) is 23.7 Å². The standard InChI is InChI=1S/C35H54O6/c1-10-27(20(2)3)33(41-24(7)38)32(40-23(6)37)21(4)29-13-14-30-28-12-11-25-19-26(39-22(5)36)15-17-34(25,8)31(28)16-18-35(29,30)9/h11-12,20-21,26-27,29-33H,10,13-19H2,1-9H3/t21-,26-,27-,29+,30-,31-,32+,33+,34-,35+/m0/s1. The predicted molar refractivity (Wildman–Crippen MR) is 160 cm³/mol. The van der Waals surface area contributed by atoms with Gasteiger partial charge >= 0.3 is 17.9 Å². The average molecular weight is 571 g/mol. The first-order valence-electron chi connectivity index (χ1n) is 16.2. The zero-order valence-corrected chi connectivity index (χ0v) is 27.0. The summed E-state index contributed by atoms with van der Waals surface area (Å²) in [6.07, 6.45) is 12.0. The Labute approximate surface area is 248 Å². The molecule has 6 nitrogen and oxygen atoms in total. The highest BCUT2D eigenvalue weighted by atomic mass is 16.6. The van der Waals surface area contributed by atoms with Crippen LogP contribution >= 0.6 is 0 Å². The van der Waals surface area contributed by atoms with Gasteiger partial charge < -0.3 is 14.2 Å². The van der Waals surface area contributed by atoms with E-state index in [9.17, 15) is 14.4 Å². The Balaban J connectivity index is 1.63. The second-order valence-corrected chi connectivity index (χ2v) is 14.4. The zero-order valence-electron chi connectivity index (χ0n) is 27.0. The van der Waals surface area contributed by atoms with Crippen LogP contribution in [0.5, 0.6) is 0 Å². The molecule has 0 N–H and O–H groups in total. The summed E-state index contributed by atoms with van der Waals surface area (Å²) in [5.74, 6) is 1.02. The largest absolute Gasteiger partial charge is 0.462 e. The molecule has 6 heteroatoms. The normalized spacial score (nSPS) is 35.5. The summed E-state index contributed by atoms with van der Waals surface area (Å²) >= 11 is 0. The van der Waals surface area contributed by atoms with Crippen molar-refractivity contribution in [3.05, 3.63) is 23.3 Å². The molecule has 41 heavy (non-hydrogen) atoms. The predicted octanol–water partition coefficient (Wildman–Crippen LogP) is 7.60. The van der Waals surface area contributed by atoms with Gasteiger partial charge in [-0.3, -0.25) is 14.4 Å². The van der Waals surface area contributed by atoms with Crippen molar-refractivity contribution < 1.29 is 28.6 Å². The molecule has 0 radical (unpaired) electrons. The van der Waals surface area contributed by atoms with Crippen molar-refractivity contribution in [2.75, 3.05) is 0 Å². The third-order valence-electron chi connectivity index (χ3n) is 11.8. The highest BCUT2D eigenvalue weighted by Gasteiger charge is 2.58. The van der Waals surface area contributed by atoms with Crippen molar-refractivity contribution in [1.82, 2.24) is 0 Å². The molecular weight excluding hydrogens is 516 g/mol. The second kappa shape index (κ2) is 12.2. The maximum Gasteiger partial charge on any atom is 0.303 e. The molecule has 0 spiro atoms. The van der Waals surface area contributed by atoms with E-state index in [2.05, 4.69) is 53.7 Å². The monoisotopic (exact) mass is 570 g/mol. The van der Waals surface area contributed by atoms with Crippen LogP contribution in [0.15, 0.2) is 23.3 Å². The molecule has 0 aromatic heterocycles. The zero-order chi connectivity index (χ0) is 30.3. The third kappa shape index (κ3) is 6.04. The molecule has 0 aromatic carbocycles. The van der Waals surface area contributed by atoms with Gasteiger partial charge in [0.1, 0.15) is 18.3 Å². The van der Waals surface area contributed by atoms with Gasteiger partial charge in [-0.25, -0.2) is 0 Å². The van der Waals surface area contributed by atoms with E-state index in [-0.39, 0.29) is 46.7 Å². The van der Waals surface area contributed by atoms with Gasteiger partial charge in [-0.1, -0.05) is 64.8 Å². The second-order valence-electron chi connectivity index (χ2n) is 14.4. The summed E-state index contributed by atoms with van der Waals surface area (Å²) in [5.41, 5.74) is 3.25. The summed E-state index contributed by atoms with van der Waals surface area (Å²) < 4.78 is 17.7. The summed E-state index contributed by atoms with van der Waals surface area (Å²) in [6.45, 7) is 18.0. The van der Waals surface area contributed by atoms with Crippen molar-refractivity contribution in [1.29, 1.82) is 0 Å². The van der Waals surface area contributed by atoms with Gasteiger partial charge in [0.25, 0.3) is 0 Å². The smallest absolute Gasteiger partial charge is 0.303 e. The Kier molecular flexibility index (Phi) is 9.50. The van der Waals surface area contributed by atoms with Gasteiger partial charge in [-0.15, -0.1) is 0 Å². The molecule has 0 saturated heterocycles. The summed E-state index contributed by atoms with van der Waals surface area (Å²) in [5, 5.41) is 0. The van der Waals surface area contributed by atoms with Crippen LogP contribution in [0.4, 0.5) is 0 Å². The lowest BCUT2D eigenvalue weighted by molar-refractivity contribution is -0.180. The van der Waals surface area contributed by atoms with E-state index in [4.69, 9.17) is 14.2 Å². The van der Waals surface area contributed by atoms with Crippen molar-refractivity contribution in [3.8, 4) is 0 Å². The number of carbonyl (C=O) groups is 3. The lowest BCUT2D eigenvalue weighted by Crippen LogP contribution is -2.51. The number of esters is 3. The Morgan fingerprint density at radius 3 is 2.10 bits per heavy atom. The Hall–Kier alpha value is -2.11. The number of carbonyl (C=O) groups excluding carboxylic acids is 3. The number of ether oxygens (including phenoxy) is 3. The van der Waals surface area contributed by atoms with Gasteiger partial charge in [0, 0.05) is 39.0 Å². The molecule has 0 aromatic rings. The average Bonchev–Trinajstić information content (AvgIpc) is 3.23. The van der Waals surface area contributed by atoms with Gasteiger partial charge in [-0.2, -0.15) is 0 Å². The van der Waals surface area contributed by atoms with Crippen LogP contribution in [0.1, 0.15) is 114 Å². The molecule has 10 atom stereocenters. The van der Waals surface area contributed by atoms with E-state index < -0.39 is 12.2 Å². The van der Waals surface area contributed by atoms with Crippen molar-refractivity contribution in [2.24, 2.45) is 46.3 Å². The van der Waals surface area contributed by atoms with E-state index in [0.717, 1.165) is 51.4 Å². The van der Waals surface area contributed by atoms with Crippen LogP contribution in [-0.4, -0.2) is 36.2 Å². The van der Waals surface area contributed by atoms with E-state index >= 15 is 0 Å². The first-order chi connectivity index (χ1) is 19.2. The first kappa shape index (κ1) is 31.8. The molecule has 0 unspecified atom stereocenters. The van der Waals surface area contributed by atoms with Crippen molar-refractivity contribution in [2.45, 2.75) is 132 Å². The molecule has 4 rings (SSSR count). The maximum atomic E-state index is 12.4. The van der Waals surface area contributed by atoms with Crippen LogP contribution in [0.25, 0.3) is 0 Å². The van der Waals surface area contributed by atoms with Crippen molar-refractivity contribution >= 4 is 17.9 Å². The highest BCUT2D eigenvalue weighted by molar-refractivity contribution is 5.67. The van der Waals surface area contributed by atoms with Crippen LogP contribution in [0.2, 0.25) is 0 Å². The minimum absolute atomic E-state index is 0.00601. The van der Waals surface area contributed by atoms with E-state index in [1.807, 2.05) is 0 Å². The third-order valence-corrected chi connectivity index (χ3v) is 11.8. The minimum Gasteiger partial charge on any atom is -0.462 e. The molecule has 0 bridgehead atoms. The maximum absolute atomic E-state index is 12.4. The van der Waals surface area contributed by atoms with Crippen LogP contribution in [0, 0.1) is 46.3 Å². The molecule has 230 valence electrons. The molecule has 0 heterocycles.